The zero-order chi connectivity index (χ0) is 29.6. The Kier molecular flexibility index (Phi) is 8.07. The number of H-pyrrole nitrogens is 1. The summed E-state index contributed by atoms with van der Waals surface area (Å²) in [7, 11) is 0. The molecule has 1 unspecified atom stereocenters. The minimum Gasteiger partial charge on any atom is -0.349 e. The van der Waals surface area contributed by atoms with Crippen LogP contribution in [0.4, 0.5) is 39.5 Å². The van der Waals surface area contributed by atoms with Gasteiger partial charge in [-0.25, -0.2) is 44.5 Å². The SMILES string of the molecule is CC(F)(F)CNC(=O)[C@@H](c1ccc2[nH]c([C@@H](NC(=O)C3(F)CC3)C3CCC(F)(F)CC3)nc2c1F)C(F)C(F)F. The van der Waals surface area contributed by atoms with Gasteiger partial charge in [-0.05, 0) is 37.7 Å². The molecule has 222 valence electrons. The van der Waals surface area contributed by atoms with Crippen LogP contribution in [0, 0.1) is 11.7 Å². The summed E-state index contributed by atoms with van der Waals surface area (Å²) in [4.78, 5) is 31.7. The lowest BCUT2D eigenvalue weighted by Crippen LogP contribution is -2.42. The molecule has 1 aromatic carbocycles. The van der Waals surface area contributed by atoms with Crippen molar-refractivity contribution in [1.29, 1.82) is 0 Å². The molecule has 4 rings (SSSR count). The van der Waals surface area contributed by atoms with Crippen molar-refractivity contribution in [2.75, 3.05) is 6.54 Å². The van der Waals surface area contributed by atoms with Crippen molar-refractivity contribution < 1.29 is 49.1 Å². The topological polar surface area (TPSA) is 86.9 Å². The Hall–Kier alpha value is -3.00. The summed E-state index contributed by atoms with van der Waals surface area (Å²) < 4.78 is 125. The number of nitrogens with one attached hydrogen (secondary N) is 3. The van der Waals surface area contributed by atoms with Crippen LogP contribution in [0.5, 0.6) is 0 Å². The van der Waals surface area contributed by atoms with Gasteiger partial charge in [-0.15, -0.1) is 0 Å². The van der Waals surface area contributed by atoms with E-state index in [1.54, 1.807) is 5.32 Å². The van der Waals surface area contributed by atoms with Gasteiger partial charge < -0.3 is 15.6 Å². The van der Waals surface area contributed by atoms with E-state index in [1.165, 1.54) is 0 Å². The molecule has 0 radical (unpaired) electrons. The molecule has 2 saturated carbocycles. The molecule has 0 aliphatic heterocycles. The molecule has 0 saturated heterocycles. The van der Waals surface area contributed by atoms with Gasteiger partial charge in [0.2, 0.25) is 11.8 Å². The molecule has 15 heteroatoms. The number of halogens is 9. The highest BCUT2D eigenvalue weighted by atomic mass is 19.3. The largest absolute Gasteiger partial charge is 0.349 e. The summed E-state index contributed by atoms with van der Waals surface area (Å²) in [6.45, 7) is -0.885. The maximum Gasteiger partial charge on any atom is 0.270 e. The third kappa shape index (κ3) is 6.48. The second-order valence-electron chi connectivity index (χ2n) is 10.6. The van der Waals surface area contributed by atoms with Crippen LogP contribution in [0.25, 0.3) is 11.0 Å². The predicted octanol–water partition coefficient (Wildman–Crippen LogP) is 5.65. The van der Waals surface area contributed by atoms with Gasteiger partial charge in [0, 0.05) is 25.3 Å². The molecule has 1 aromatic heterocycles. The summed E-state index contributed by atoms with van der Waals surface area (Å²) in [5.74, 6) is -13.7. The fourth-order valence-electron chi connectivity index (χ4n) is 4.83. The molecule has 2 amide bonds. The molecule has 6 nitrogen and oxygen atoms in total. The second kappa shape index (κ2) is 10.8. The van der Waals surface area contributed by atoms with Gasteiger partial charge in [-0.1, -0.05) is 6.07 Å². The summed E-state index contributed by atoms with van der Waals surface area (Å²) in [6, 6.07) is 0.758. The maximum atomic E-state index is 15.6. The maximum absolute atomic E-state index is 15.6. The number of rotatable bonds is 10. The standard InChI is InChI=1S/C25H27F9N4O2/c1-23(30,31)10-35-21(39)14(16(27)19(28)29)12-2-3-13-18(15(12)26)37-20(36-13)17(38-22(40)24(32)8-9-24)11-4-6-25(33,34)7-5-11/h2-3,11,14,16-17,19H,4-10H2,1H3,(H,35,39)(H,36,37)(H,38,40)/t14-,16?,17-/m0/s1. The summed E-state index contributed by atoms with van der Waals surface area (Å²) in [5.41, 5.74) is -3.64. The van der Waals surface area contributed by atoms with E-state index in [-0.39, 0.29) is 37.0 Å². The second-order valence-corrected chi connectivity index (χ2v) is 10.6. The van der Waals surface area contributed by atoms with Crippen molar-refractivity contribution in [3.63, 3.8) is 0 Å². The van der Waals surface area contributed by atoms with Crippen LogP contribution >= 0.6 is 0 Å². The molecular formula is C25H27F9N4O2. The molecule has 0 spiro atoms. The van der Waals surface area contributed by atoms with E-state index >= 15 is 4.39 Å². The fraction of sp³-hybridized carbons (Fsp3) is 0.640. The number of imidazole rings is 1. The fourth-order valence-corrected chi connectivity index (χ4v) is 4.83. The predicted molar refractivity (Wildman–Crippen MR) is 124 cm³/mol. The van der Waals surface area contributed by atoms with Gasteiger partial charge >= 0.3 is 0 Å². The number of amides is 2. The third-order valence-electron chi connectivity index (χ3n) is 7.30. The van der Waals surface area contributed by atoms with E-state index in [0.29, 0.717) is 6.92 Å². The lowest BCUT2D eigenvalue weighted by molar-refractivity contribution is -0.129. The van der Waals surface area contributed by atoms with Crippen LogP contribution in [0.15, 0.2) is 12.1 Å². The monoisotopic (exact) mass is 586 g/mol. The van der Waals surface area contributed by atoms with E-state index < -0.39 is 96.1 Å². The first-order chi connectivity index (χ1) is 18.5. The van der Waals surface area contributed by atoms with Gasteiger partial charge in [-0.3, -0.25) is 9.59 Å². The molecule has 2 aliphatic carbocycles. The van der Waals surface area contributed by atoms with E-state index in [0.717, 1.165) is 12.1 Å². The molecule has 3 N–H and O–H groups in total. The van der Waals surface area contributed by atoms with Gasteiger partial charge in [0.15, 0.2) is 17.7 Å². The van der Waals surface area contributed by atoms with Gasteiger partial charge in [-0.2, -0.15) is 0 Å². The average Bonchev–Trinajstić information content (AvgIpc) is 3.47. The Balaban J connectivity index is 1.70. The van der Waals surface area contributed by atoms with Crippen LogP contribution < -0.4 is 10.6 Å². The lowest BCUT2D eigenvalue weighted by Gasteiger charge is -2.33. The normalized spacial score (nSPS) is 21.2. The van der Waals surface area contributed by atoms with Crippen molar-refractivity contribution in [3.8, 4) is 0 Å². The highest BCUT2D eigenvalue weighted by molar-refractivity contribution is 5.89. The molecule has 1 heterocycles. The van der Waals surface area contributed by atoms with E-state index in [1.807, 2.05) is 0 Å². The number of nitrogens with zero attached hydrogens (tertiary/aromatic N) is 1. The van der Waals surface area contributed by atoms with Crippen molar-refractivity contribution in [3.05, 3.63) is 29.3 Å². The molecule has 2 aliphatic rings. The molecule has 40 heavy (non-hydrogen) atoms. The number of carbonyl (C=O) groups is 2. The molecule has 2 fully saturated rings. The van der Waals surface area contributed by atoms with Crippen LogP contribution in [0.3, 0.4) is 0 Å². The highest BCUT2D eigenvalue weighted by Gasteiger charge is 2.52. The number of hydrogen-bond acceptors (Lipinski definition) is 3. The smallest absolute Gasteiger partial charge is 0.270 e. The Morgan fingerprint density at radius 2 is 1.73 bits per heavy atom. The van der Waals surface area contributed by atoms with Crippen LogP contribution in [-0.4, -0.2) is 58.4 Å². The minimum absolute atomic E-state index is 0.0334. The quantitative estimate of drug-likeness (QED) is 0.315. The van der Waals surface area contributed by atoms with Crippen molar-refractivity contribution >= 4 is 22.8 Å². The zero-order valence-corrected chi connectivity index (χ0v) is 21.2. The number of carbonyl (C=O) groups excluding carboxylic acids is 2. The van der Waals surface area contributed by atoms with Crippen LogP contribution in [0.2, 0.25) is 0 Å². The molecule has 3 atom stereocenters. The third-order valence-corrected chi connectivity index (χ3v) is 7.30. The first kappa shape index (κ1) is 30.0. The van der Waals surface area contributed by atoms with E-state index in [9.17, 15) is 44.7 Å². The molecule has 2 aromatic rings. The molecular weight excluding hydrogens is 559 g/mol. The highest BCUT2D eigenvalue weighted by Crippen LogP contribution is 2.44. The molecule has 0 bridgehead atoms. The lowest BCUT2D eigenvalue weighted by atomic mass is 9.81. The number of fused-ring (bicyclic) bond motifs is 1. The van der Waals surface area contributed by atoms with Crippen LogP contribution in [-0.2, 0) is 9.59 Å². The number of benzene rings is 1. The Labute approximate surface area is 222 Å². The minimum atomic E-state index is -3.76. The summed E-state index contributed by atoms with van der Waals surface area (Å²) in [5, 5.41) is 4.11. The summed E-state index contributed by atoms with van der Waals surface area (Å²) >= 11 is 0. The number of aromatic nitrogens is 2. The van der Waals surface area contributed by atoms with Gasteiger partial charge in [0.1, 0.15) is 17.3 Å². The van der Waals surface area contributed by atoms with Crippen molar-refractivity contribution in [2.45, 2.75) is 87.5 Å². The number of hydrogen-bond donors (Lipinski definition) is 3. The van der Waals surface area contributed by atoms with Gasteiger partial charge in [0.25, 0.3) is 18.3 Å². The summed E-state index contributed by atoms with van der Waals surface area (Å²) in [6.07, 6.45) is -8.27. The first-order valence-corrected chi connectivity index (χ1v) is 12.6. The number of alkyl halides is 8. The Bertz CT molecular complexity index is 1250. The van der Waals surface area contributed by atoms with Crippen molar-refractivity contribution in [1.82, 2.24) is 20.6 Å². The average molecular weight is 586 g/mol. The van der Waals surface area contributed by atoms with Gasteiger partial charge in [0.05, 0.1) is 18.1 Å². The van der Waals surface area contributed by atoms with Crippen LogP contribution in [0.1, 0.15) is 68.8 Å². The zero-order valence-electron chi connectivity index (χ0n) is 21.2. The first-order valence-electron chi connectivity index (χ1n) is 12.6. The van der Waals surface area contributed by atoms with E-state index in [4.69, 9.17) is 0 Å². The Morgan fingerprint density at radius 1 is 1.10 bits per heavy atom. The Morgan fingerprint density at radius 3 is 2.27 bits per heavy atom. The van der Waals surface area contributed by atoms with Crippen molar-refractivity contribution in [2.24, 2.45) is 5.92 Å². The van der Waals surface area contributed by atoms with E-state index in [2.05, 4.69) is 15.3 Å². The number of aromatic amines is 1.